The van der Waals surface area contributed by atoms with E-state index in [4.69, 9.17) is 37.4 Å². The summed E-state index contributed by atoms with van der Waals surface area (Å²) in [5.74, 6) is -0.903. The third-order valence-electron chi connectivity index (χ3n) is 6.22. The Morgan fingerprint density at radius 2 is 2.10 bits per heavy atom. The van der Waals surface area contributed by atoms with E-state index in [0.29, 0.717) is 34.0 Å². The number of hydrogen-bond donors (Lipinski definition) is 0. The van der Waals surface area contributed by atoms with Gasteiger partial charge in [-0.05, 0) is 56.4 Å². The van der Waals surface area contributed by atoms with Crippen LogP contribution in [0.5, 0.6) is 0 Å². The largest absolute Gasteiger partial charge is 0.458 e. The van der Waals surface area contributed by atoms with Gasteiger partial charge in [-0.15, -0.1) is 0 Å². The summed E-state index contributed by atoms with van der Waals surface area (Å²) in [5.41, 5.74) is 1.79. The second-order valence-electron chi connectivity index (χ2n) is 8.37. The Hall–Kier alpha value is -2.08. The molecule has 7 heteroatoms. The normalized spacial score (nSPS) is 32.0. The van der Waals surface area contributed by atoms with Gasteiger partial charge in [0.1, 0.15) is 18.8 Å². The van der Waals surface area contributed by atoms with Crippen LogP contribution in [0, 0.1) is 5.92 Å². The lowest BCUT2D eigenvalue weighted by molar-refractivity contribution is -0.140. The number of carbonyl (C=O) groups excluding carboxylic acids is 2. The molecular formula is C24H24Cl2O5. The van der Waals surface area contributed by atoms with Crippen molar-refractivity contribution in [3.8, 4) is 0 Å². The number of epoxide rings is 1. The van der Waals surface area contributed by atoms with Gasteiger partial charge in [0, 0.05) is 33.2 Å². The van der Waals surface area contributed by atoms with Crippen LogP contribution in [0.2, 0.25) is 10.0 Å². The van der Waals surface area contributed by atoms with Crippen LogP contribution in [0.3, 0.4) is 0 Å². The van der Waals surface area contributed by atoms with Crippen LogP contribution < -0.4 is 0 Å². The number of esters is 2. The quantitative estimate of drug-likeness (QED) is 0.262. The van der Waals surface area contributed by atoms with Crippen molar-refractivity contribution in [1.29, 1.82) is 0 Å². The second kappa shape index (κ2) is 8.81. The molecule has 0 spiro atoms. The minimum absolute atomic E-state index is 0.0738. The average Bonchev–Trinajstić information content (AvgIpc) is 3.31. The molecule has 2 fully saturated rings. The maximum absolute atomic E-state index is 12.2. The summed E-state index contributed by atoms with van der Waals surface area (Å²) in [6.45, 7) is 6.15. The summed E-state index contributed by atoms with van der Waals surface area (Å²) in [6.07, 6.45) is 7.62. The molecule has 1 aromatic carbocycles. The van der Waals surface area contributed by atoms with E-state index >= 15 is 0 Å². The van der Waals surface area contributed by atoms with Crippen molar-refractivity contribution in [2.45, 2.75) is 50.4 Å². The number of benzene rings is 1. The van der Waals surface area contributed by atoms with Crippen LogP contribution in [0.15, 0.2) is 48.1 Å². The first-order valence-electron chi connectivity index (χ1n) is 10.3. The molecule has 0 N–H and O–H groups in total. The highest BCUT2D eigenvalue weighted by molar-refractivity contribution is 6.37. The van der Waals surface area contributed by atoms with Gasteiger partial charge in [0.15, 0.2) is 0 Å². The number of rotatable bonds is 4. The smallest absolute Gasteiger partial charge is 0.334 e. The highest BCUT2D eigenvalue weighted by atomic mass is 35.5. The first-order chi connectivity index (χ1) is 14.8. The van der Waals surface area contributed by atoms with Gasteiger partial charge in [-0.3, -0.25) is 0 Å². The van der Waals surface area contributed by atoms with Gasteiger partial charge in [-0.25, -0.2) is 9.59 Å². The monoisotopic (exact) mass is 462 g/mol. The Kier molecular flexibility index (Phi) is 6.29. The Morgan fingerprint density at radius 3 is 2.84 bits per heavy atom. The first-order valence-corrected chi connectivity index (χ1v) is 11.1. The summed E-state index contributed by atoms with van der Waals surface area (Å²) in [6, 6.07) is 5.15. The number of hydrogen-bond acceptors (Lipinski definition) is 5. The van der Waals surface area contributed by atoms with Gasteiger partial charge in [0.25, 0.3) is 0 Å². The zero-order valence-electron chi connectivity index (χ0n) is 17.2. The molecule has 164 valence electrons. The summed E-state index contributed by atoms with van der Waals surface area (Å²) in [7, 11) is 0. The molecule has 0 radical (unpaired) electrons. The zero-order valence-corrected chi connectivity index (χ0v) is 18.7. The third kappa shape index (κ3) is 4.74. The maximum atomic E-state index is 12.2. The molecule has 3 aliphatic rings. The molecule has 0 aromatic heterocycles. The van der Waals surface area contributed by atoms with Crippen molar-refractivity contribution in [3.63, 3.8) is 0 Å². The van der Waals surface area contributed by atoms with E-state index in [1.54, 1.807) is 24.3 Å². The molecular weight excluding hydrogens is 439 g/mol. The molecule has 2 aliphatic heterocycles. The van der Waals surface area contributed by atoms with E-state index in [1.807, 2.05) is 6.92 Å². The molecule has 0 unspecified atom stereocenters. The molecule has 1 aliphatic carbocycles. The second-order valence-corrected chi connectivity index (χ2v) is 9.18. The van der Waals surface area contributed by atoms with Crippen LogP contribution >= 0.6 is 23.2 Å². The zero-order chi connectivity index (χ0) is 22.2. The topological polar surface area (TPSA) is 65.1 Å². The lowest BCUT2D eigenvalue weighted by Crippen LogP contribution is -2.29. The number of ether oxygens (including phenoxy) is 3. The van der Waals surface area contributed by atoms with Gasteiger partial charge in [0.05, 0.1) is 5.60 Å². The molecule has 0 amide bonds. The Bertz CT molecular complexity index is 962. The molecule has 0 bridgehead atoms. The van der Waals surface area contributed by atoms with Crippen molar-refractivity contribution >= 4 is 41.2 Å². The van der Waals surface area contributed by atoms with Crippen molar-refractivity contribution in [2.75, 3.05) is 6.61 Å². The fourth-order valence-electron chi connectivity index (χ4n) is 4.28. The Balaban J connectivity index is 1.39. The molecule has 0 saturated carbocycles. The Labute approximate surface area is 191 Å². The molecule has 2 heterocycles. The molecule has 4 atom stereocenters. The Morgan fingerprint density at radius 1 is 1.35 bits per heavy atom. The predicted octanol–water partition coefficient (Wildman–Crippen LogP) is 5.31. The van der Waals surface area contributed by atoms with Crippen LogP contribution in [0.25, 0.3) is 6.08 Å². The van der Waals surface area contributed by atoms with Gasteiger partial charge < -0.3 is 14.2 Å². The summed E-state index contributed by atoms with van der Waals surface area (Å²) in [4.78, 5) is 24.3. The number of halogens is 2. The highest BCUT2D eigenvalue weighted by Crippen LogP contribution is 2.49. The molecule has 1 aromatic rings. The van der Waals surface area contributed by atoms with Crippen molar-refractivity contribution < 1.29 is 23.8 Å². The molecule has 5 nitrogen and oxygen atoms in total. The van der Waals surface area contributed by atoms with Crippen LogP contribution in [-0.4, -0.2) is 36.4 Å². The van der Waals surface area contributed by atoms with Gasteiger partial charge in [-0.1, -0.05) is 41.9 Å². The molecule has 31 heavy (non-hydrogen) atoms. The van der Waals surface area contributed by atoms with E-state index in [9.17, 15) is 9.59 Å². The van der Waals surface area contributed by atoms with E-state index in [1.165, 1.54) is 6.08 Å². The summed E-state index contributed by atoms with van der Waals surface area (Å²) < 4.78 is 16.9. The summed E-state index contributed by atoms with van der Waals surface area (Å²) >= 11 is 12.2. The standard InChI is InChI=1S/C24H24Cl2O5/c1-14-16-9-8-15(5-4-12-24(2)22(31-24)21(16)30-23(14)28)13-29-20(27)11-10-17-18(25)6-3-7-19(17)26/h3,5-7,10-11,16,21-22H,1,4,8-9,12-13H2,2H3/b11-10+,15-5+/t16-,21-,22-,24+/m0/s1. The lowest BCUT2D eigenvalue weighted by Gasteiger charge is -2.20. The predicted molar refractivity (Wildman–Crippen MR) is 119 cm³/mol. The van der Waals surface area contributed by atoms with Gasteiger partial charge >= 0.3 is 11.9 Å². The van der Waals surface area contributed by atoms with Crippen LogP contribution in [0.4, 0.5) is 0 Å². The minimum atomic E-state index is -0.479. The number of fused-ring (bicyclic) bond motifs is 3. The number of carbonyl (C=O) groups is 2. The van der Waals surface area contributed by atoms with Crippen LogP contribution in [-0.2, 0) is 23.8 Å². The highest BCUT2D eigenvalue weighted by Gasteiger charge is 2.61. The average molecular weight is 463 g/mol. The van der Waals surface area contributed by atoms with Crippen molar-refractivity contribution in [1.82, 2.24) is 0 Å². The first kappa shape index (κ1) is 22.1. The fourth-order valence-corrected chi connectivity index (χ4v) is 4.81. The molecule has 2 saturated heterocycles. The third-order valence-corrected chi connectivity index (χ3v) is 6.88. The minimum Gasteiger partial charge on any atom is -0.458 e. The van der Waals surface area contributed by atoms with E-state index in [-0.39, 0.29) is 36.3 Å². The SMILES string of the molecule is C=C1C(=O)O[C@H]2[C@H]1CC/C(COC(=O)/C=C/c1c(Cl)cccc1Cl)=C\CC[C@@]1(C)O[C@@H]21. The van der Waals surface area contributed by atoms with E-state index in [0.717, 1.165) is 18.4 Å². The van der Waals surface area contributed by atoms with E-state index in [2.05, 4.69) is 12.7 Å². The number of allylic oxidation sites excluding steroid dienone is 1. The molecule has 4 rings (SSSR count). The van der Waals surface area contributed by atoms with E-state index < -0.39 is 5.97 Å². The van der Waals surface area contributed by atoms with Crippen molar-refractivity contribution in [3.05, 3.63) is 63.7 Å². The van der Waals surface area contributed by atoms with Gasteiger partial charge in [0.2, 0.25) is 0 Å². The maximum Gasteiger partial charge on any atom is 0.334 e. The fraction of sp³-hybridized carbons (Fsp3) is 0.417. The van der Waals surface area contributed by atoms with Crippen molar-refractivity contribution in [2.24, 2.45) is 5.92 Å². The van der Waals surface area contributed by atoms with Gasteiger partial charge in [-0.2, -0.15) is 0 Å². The van der Waals surface area contributed by atoms with Crippen LogP contribution in [0.1, 0.15) is 38.2 Å². The lowest BCUT2D eigenvalue weighted by atomic mass is 9.84. The summed E-state index contributed by atoms with van der Waals surface area (Å²) in [5, 5.41) is 0.924.